The van der Waals surface area contributed by atoms with E-state index in [4.69, 9.17) is 4.74 Å². The number of carbonyl (C=O) groups excluding carboxylic acids is 1. The predicted octanol–water partition coefficient (Wildman–Crippen LogP) is 5.02. The molecule has 0 fully saturated rings. The maximum atomic E-state index is 12.0. The van der Waals surface area contributed by atoms with Crippen molar-refractivity contribution < 1.29 is 9.53 Å². The highest BCUT2D eigenvalue weighted by molar-refractivity contribution is 7.15. The molecule has 0 aliphatic rings. The standard InChI is InChI=1S/C20H22N4O2S/c1-3-4-15-7-11-17(12-8-15)26-13-18-23-24-20(27-18)22-19(25)21-16-9-5-14(2)6-10-16/h5-12H,3-4,13H2,1-2H3,(H2,21,22,24,25). The number of hydrogen-bond donors (Lipinski definition) is 2. The van der Waals surface area contributed by atoms with Crippen molar-refractivity contribution in [3.05, 3.63) is 64.7 Å². The third-order valence-electron chi connectivity index (χ3n) is 3.82. The molecule has 0 spiro atoms. The largest absolute Gasteiger partial charge is 0.486 e. The first-order valence-electron chi connectivity index (χ1n) is 8.81. The molecule has 0 saturated carbocycles. The van der Waals surface area contributed by atoms with Gasteiger partial charge in [-0.15, -0.1) is 10.2 Å². The van der Waals surface area contributed by atoms with Crippen molar-refractivity contribution in [2.24, 2.45) is 0 Å². The predicted molar refractivity (Wildman–Crippen MR) is 108 cm³/mol. The zero-order valence-electron chi connectivity index (χ0n) is 15.4. The summed E-state index contributed by atoms with van der Waals surface area (Å²) < 4.78 is 5.73. The minimum absolute atomic E-state index is 0.312. The number of amides is 2. The molecule has 0 aliphatic carbocycles. The monoisotopic (exact) mass is 382 g/mol. The van der Waals surface area contributed by atoms with E-state index in [1.165, 1.54) is 16.9 Å². The SMILES string of the molecule is CCCc1ccc(OCc2nnc(NC(=O)Nc3ccc(C)cc3)s2)cc1. The number of aryl methyl sites for hydroxylation is 2. The Morgan fingerprint density at radius 3 is 2.48 bits per heavy atom. The number of nitrogens with one attached hydrogen (secondary N) is 2. The van der Waals surface area contributed by atoms with E-state index in [1.807, 2.05) is 43.3 Å². The summed E-state index contributed by atoms with van der Waals surface area (Å²) in [6, 6.07) is 15.3. The van der Waals surface area contributed by atoms with Crippen molar-refractivity contribution in [1.29, 1.82) is 0 Å². The Morgan fingerprint density at radius 1 is 1.04 bits per heavy atom. The number of anilines is 2. The lowest BCUT2D eigenvalue weighted by atomic mass is 10.1. The van der Waals surface area contributed by atoms with Crippen molar-refractivity contribution in [2.75, 3.05) is 10.6 Å². The van der Waals surface area contributed by atoms with E-state index in [0.717, 1.165) is 29.8 Å². The fourth-order valence-electron chi connectivity index (χ4n) is 2.44. The van der Waals surface area contributed by atoms with E-state index >= 15 is 0 Å². The van der Waals surface area contributed by atoms with Crippen LogP contribution in [0.5, 0.6) is 5.75 Å². The number of ether oxygens (including phenoxy) is 1. The highest BCUT2D eigenvalue weighted by Crippen LogP contribution is 2.19. The van der Waals surface area contributed by atoms with Gasteiger partial charge in [-0.1, -0.05) is 54.5 Å². The van der Waals surface area contributed by atoms with Gasteiger partial charge in [0, 0.05) is 5.69 Å². The number of hydrogen-bond acceptors (Lipinski definition) is 5. The topological polar surface area (TPSA) is 76.1 Å². The molecule has 2 N–H and O–H groups in total. The summed E-state index contributed by atoms with van der Waals surface area (Å²) >= 11 is 1.29. The van der Waals surface area contributed by atoms with Gasteiger partial charge in [-0.3, -0.25) is 5.32 Å². The summed E-state index contributed by atoms with van der Waals surface area (Å²) in [4.78, 5) is 12.0. The number of benzene rings is 2. The van der Waals surface area contributed by atoms with Crippen LogP contribution in [0.4, 0.5) is 15.6 Å². The molecule has 0 unspecified atom stereocenters. The quantitative estimate of drug-likeness (QED) is 0.601. The zero-order chi connectivity index (χ0) is 19.1. The Hall–Kier alpha value is -2.93. The zero-order valence-corrected chi connectivity index (χ0v) is 16.2. The summed E-state index contributed by atoms with van der Waals surface area (Å²) in [6.45, 7) is 4.47. The second-order valence-electron chi connectivity index (χ2n) is 6.13. The fourth-order valence-corrected chi connectivity index (χ4v) is 3.09. The van der Waals surface area contributed by atoms with E-state index in [9.17, 15) is 4.79 Å². The van der Waals surface area contributed by atoms with Crippen LogP contribution in [0.15, 0.2) is 48.5 Å². The first-order chi connectivity index (χ1) is 13.1. The summed E-state index contributed by atoms with van der Waals surface area (Å²) in [6.07, 6.45) is 2.19. The normalized spacial score (nSPS) is 10.4. The minimum Gasteiger partial charge on any atom is -0.486 e. The van der Waals surface area contributed by atoms with Crippen molar-refractivity contribution in [1.82, 2.24) is 10.2 Å². The molecule has 7 heteroatoms. The molecule has 0 bridgehead atoms. The molecule has 3 rings (SSSR count). The van der Waals surface area contributed by atoms with E-state index in [1.54, 1.807) is 0 Å². The summed E-state index contributed by atoms with van der Waals surface area (Å²) in [5.74, 6) is 0.789. The van der Waals surface area contributed by atoms with Gasteiger partial charge < -0.3 is 10.1 Å². The lowest BCUT2D eigenvalue weighted by Gasteiger charge is -2.05. The molecule has 0 saturated heterocycles. The highest BCUT2D eigenvalue weighted by atomic mass is 32.1. The van der Waals surface area contributed by atoms with Gasteiger partial charge in [0.25, 0.3) is 0 Å². The molecule has 6 nitrogen and oxygen atoms in total. The van der Waals surface area contributed by atoms with Crippen LogP contribution in [-0.2, 0) is 13.0 Å². The van der Waals surface area contributed by atoms with Crippen LogP contribution in [0.25, 0.3) is 0 Å². The van der Waals surface area contributed by atoms with Crippen LogP contribution in [0.1, 0.15) is 29.5 Å². The number of rotatable bonds is 7. The van der Waals surface area contributed by atoms with E-state index < -0.39 is 0 Å². The third kappa shape index (κ3) is 5.79. The number of aromatic nitrogens is 2. The van der Waals surface area contributed by atoms with E-state index in [0.29, 0.717) is 16.7 Å². The summed E-state index contributed by atoms with van der Waals surface area (Å²) in [5.41, 5.74) is 3.15. The molecule has 0 atom stereocenters. The molecule has 1 aromatic heterocycles. The van der Waals surface area contributed by atoms with Gasteiger partial charge in [-0.05, 0) is 43.2 Å². The Morgan fingerprint density at radius 2 is 1.78 bits per heavy atom. The molecule has 0 aliphatic heterocycles. The second-order valence-corrected chi connectivity index (χ2v) is 7.19. The van der Waals surface area contributed by atoms with Gasteiger partial charge in [0.1, 0.15) is 12.4 Å². The lowest BCUT2D eigenvalue weighted by Crippen LogP contribution is -2.19. The van der Waals surface area contributed by atoms with Crippen molar-refractivity contribution >= 4 is 28.2 Å². The maximum absolute atomic E-state index is 12.0. The first kappa shape index (κ1) is 18.8. The average Bonchev–Trinajstić information content (AvgIpc) is 3.10. The minimum atomic E-state index is -0.353. The van der Waals surface area contributed by atoms with E-state index in [-0.39, 0.29) is 6.03 Å². The van der Waals surface area contributed by atoms with Crippen LogP contribution in [0.3, 0.4) is 0 Å². The van der Waals surface area contributed by atoms with Crippen LogP contribution in [-0.4, -0.2) is 16.2 Å². The summed E-state index contributed by atoms with van der Waals surface area (Å²) in [5, 5.41) is 14.6. The Balaban J connectivity index is 1.49. The maximum Gasteiger partial charge on any atom is 0.325 e. The smallest absolute Gasteiger partial charge is 0.325 e. The Kier molecular flexibility index (Phi) is 6.38. The Labute approximate surface area is 162 Å². The van der Waals surface area contributed by atoms with Crippen LogP contribution >= 0.6 is 11.3 Å². The number of carbonyl (C=O) groups is 1. The number of nitrogens with zero attached hydrogens (tertiary/aromatic N) is 2. The molecule has 27 heavy (non-hydrogen) atoms. The lowest BCUT2D eigenvalue weighted by molar-refractivity contribution is 0.262. The summed E-state index contributed by atoms with van der Waals surface area (Å²) in [7, 11) is 0. The molecule has 2 amide bonds. The molecule has 140 valence electrons. The van der Waals surface area contributed by atoms with E-state index in [2.05, 4.69) is 39.9 Å². The van der Waals surface area contributed by atoms with Gasteiger partial charge in [0.15, 0.2) is 5.01 Å². The van der Waals surface area contributed by atoms with Crippen LogP contribution in [0.2, 0.25) is 0 Å². The Bertz CT molecular complexity index is 876. The van der Waals surface area contributed by atoms with Gasteiger partial charge in [-0.25, -0.2) is 4.79 Å². The van der Waals surface area contributed by atoms with Crippen molar-refractivity contribution in [3.8, 4) is 5.75 Å². The first-order valence-corrected chi connectivity index (χ1v) is 9.63. The number of urea groups is 1. The highest BCUT2D eigenvalue weighted by Gasteiger charge is 2.09. The fraction of sp³-hybridized carbons (Fsp3) is 0.250. The van der Waals surface area contributed by atoms with Gasteiger partial charge in [0.2, 0.25) is 5.13 Å². The molecular formula is C20H22N4O2S. The van der Waals surface area contributed by atoms with Gasteiger partial charge in [-0.2, -0.15) is 0 Å². The van der Waals surface area contributed by atoms with Gasteiger partial charge >= 0.3 is 6.03 Å². The van der Waals surface area contributed by atoms with Gasteiger partial charge in [0.05, 0.1) is 0 Å². The third-order valence-corrected chi connectivity index (χ3v) is 4.63. The van der Waals surface area contributed by atoms with Crippen molar-refractivity contribution in [3.63, 3.8) is 0 Å². The molecular weight excluding hydrogens is 360 g/mol. The molecule has 0 radical (unpaired) electrons. The molecule has 1 heterocycles. The molecule has 2 aromatic carbocycles. The average molecular weight is 382 g/mol. The van der Waals surface area contributed by atoms with Crippen LogP contribution < -0.4 is 15.4 Å². The van der Waals surface area contributed by atoms with Crippen LogP contribution in [0, 0.1) is 6.92 Å². The molecule has 3 aromatic rings. The van der Waals surface area contributed by atoms with Crippen molar-refractivity contribution in [2.45, 2.75) is 33.3 Å². The second kappa shape index (κ2) is 9.14.